The lowest BCUT2D eigenvalue weighted by molar-refractivity contribution is -0.140. The molecule has 0 saturated heterocycles. The Labute approximate surface area is 193 Å². The summed E-state index contributed by atoms with van der Waals surface area (Å²) in [7, 11) is 0. The van der Waals surface area contributed by atoms with Gasteiger partial charge in [0, 0.05) is 0 Å². The summed E-state index contributed by atoms with van der Waals surface area (Å²) in [5.41, 5.74) is 4.40. The van der Waals surface area contributed by atoms with Gasteiger partial charge in [-0.1, -0.05) is 63.4 Å². The van der Waals surface area contributed by atoms with Crippen molar-refractivity contribution in [3.05, 3.63) is 64.7 Å². The van der Waals surface area contributed by atoms with Gasteiger partial charge in [0.05, 0.1) is 11.5 Å². The van der Waals surface area contributed by atoms with Crippen LogP contribution in [0.3, 0.4) is 0 Å². The smallest absolute Gasteiger partial charge is 0.314 e. The van der Waals surface area contributed by atoms with Gasteiger partial charge in [0.2, 0.25) is 0 Å². The standard InChI is InChI=1S/C29H37NO2/c1-3-5-7-9-23-12-19-28(27(20-23)21-30)32-29(31)26-17-15-25(16-18-26)24-13-10-22(11-14-24)8-6-4-2/h10-14,19-20,25-26H,3-9,15-18H2,1-2H3. The minimum Gasteiger partial charge on any atom is -0.425 e. The van der Waals surface area contributed by atoms with Crippen molar-refractivity contribution in [2.75, 3.05) is 0 Å². The summed E-state index contributed by atoms with van der Waals surface area (Å²) >= 11 is 0. The average Bonchev–Trinajstić information content (AvgIpc) is 2.84. The molecule has 1 aliphatic rings. The third kappa shape index (κ3) is 6.70. The van der Waals surface area contributed by atoms with E-state index in [0.29, 0.717) is 17.2 Å². The molecule has 170 valence electrons. The third-order valence-corrected chi connectivity index (χ3v) is 6.77. The van der Waals surface area contributed by atoms with Crippen LogP contribution in [0, 0.1) is 17.2 Å². The first kappa shape index (κ1) is 24.1. The number of hydrogen-bond donors (Lipinski definition) is 0. The van der Waals surface area contributed by atoms with Gasteiger partial charge in [-0.3, -0.25) is 4.79 Å². The summed E-state index contributed by atoms with van der Waals surface area (Å²) in [6.45, 7) is 4.41. The number of nitriles is 1. The molecule has 0 unspecified atom stereocenters. The second-order valence-corrected chi connectivity index (χ2v) is 9.21. The summed E-state index contributed by atoms with van der Waals surface area (Å²) < 4.78 is 5.69. The number of benzene rings is 2. The van der Waals surface area contributed by atoms with Crippen LogP contribution in [-0.2, 0) is 17.6 Å². The molecule has 0 radical (unpaired) electrons. The number of carbonyl (C=O) groups is 1. The Morgan fingerprint density at radius 3 is 2.22 bits per heavy atom. The largest absolute Gasteiger partial charge is 0.425 e. The van der Waals surface area contributed by atoms with Crippen molar-refractivity contribution in [2.45, 2.75) is 90.4 Å². The number of carbonyl (C=O) groups excluding carboxylic acids is 1. The molecule has 1 saturated carbocycles. The maximum absolute atomic E-state index is 12.8. The Morgan fingerprint density at radius 2 is 1.56 bits per heavy atom. The van der Waals surface area contributed by atoms with Gasteiger partial charge in [-0.25, -0.2) is 0 Å². The van der Waals surface area contributed by atoms with Crippen LogP contribution in [0.25, 0.3) is 0 Å². The molecule has 0 heterocycles. The van der Waals surface area contributed by atoms with Crippen LogP contribution in [0.1, 0.15) is 99.8 Å². The number of nitrogens with zero attached hydrogens (tertiary/aromatic N) is 1. The highest BCUT2D eigenvalue weighted by atomic mass is 16.5. The van der Waals surface area contributed by atoms with Crippen LogP contribution in [0.5, 0.6) is 5.75 Å². The monoisotopic (exact) mass is 431 g/mol. The lowest BCUT2D eigenvalue weighted by Crippen LogP contribution is -2.25. The van der Waals surface area contributed by atoms with Crippen LogP contribution >= 0.6 is 0 Å². The van der Waals surface area contributed by atoms with Crippen molar-refractivity contribution in [3.63, 3.8) is 0 Å². The topological polar surface area (TPSA) is 50.1 Å². The number of aryl methyl sites for hydroxylation is 2. The molecule has 0 aliphatic heterocycles. The minimum absolute atomic E-state index is 0.0779. The van der Waals surface area contributed by atoms with Crippen LogP contribution in [0.15, 0.2) is 42.5 Å². The first-order valence-corrected chi connectivity index (χ1v) is 12.5. The molecule has 32 heavy (non-hydrogen) atoms. The predicted molar refractivity (Wildman–Crippen MR) is 130 cm³/mol. The van der Waals surface area contributed by atoms with Gasteiger partial charge in [-0.05, 0) is 86.1 Å². The molecule has 0 bridgehead atoms. The summed E-state index contributed by atoms with van der Waals surface area (Å²) in [5.74, 6) is 0.664. The second-order valence-electron chi connectivity index (χ2n) is 9.21. The highest BCUT2D eigenvalue weighted by molar-refractivity contribution is 5.76. The Balaban J connectivity index is 1.52. The van der Waals surface area contributed by atoms with Crippen molar-refractivity contribution in [3.8, 4) is 11.8 Å². The van der Waals surface area contributed by atoms with E-state index < -0.39 is 0 Å². The quantitative estimate of drug-likeness (QED) is 0.222. The Morgan fingerprint density at radius 1 is 0.906 bits per heavy atom. The molecule has 0 aromatic heterocycles. The number of ether oxygens (including phenoxy) is 1. The van der Waals surface area contributed by atoms with E-state index in [-0.39, 0.29) is 11.9 Å². The van der Waals surface area contributed by atoms with E-state index in [1.54, 1.807) is 6.07 Å². The molecule has 0 amide bonds. The molecule has 2 aromatic rings. The van der Waals surface area contributed by atoms with E-state index in [4.69, 9.17) is 4.74 Å². The predicted octanol–water partition coefficient (Wildman–Crippen LogP) is 7.51. The highest BCUT2D eigenvalue weighted by Crippen LogP contribution is 2.37. The van der Waals surface area contributed by atoms with Gasteiger partial charge in [0.15, 0.2) is 0 Å². The fourth-order valence-electron chi connectivity index (χ4n) is 4.68. The number of esters is 1. The number of hydrogen-bond acceptors (Lipinski definition) is 3. The van der Waals surface area contributed by atoms with E-state index in [9.17, 15) is 10.1 Å². The molecular formula is C29H37NO2. The molecule has 2 aromatic carbocycles. The van der Waals surface area contributed by atoms with Gasteiger partial charge in [-0.2, -0.15) is 5.26 Å². The molecule has 3 rings (SSSR count). The molecule has 3 heteroatoms. The third-order valence-electron chi connectivity index (χ3n) is 6.77. The Bertz CT molecular complexity index is 902. The lowest BCUT2D eigenvalue weighted by Gasteiger charge is -2.27. The van der Waals surface area contributed by atoms with Crippen LogP contribution in [-0.4, -0.2) is 5.97 Å². The molecule has 0 spiro atoms. The van der Waals surface area contributed by atoms with E-state index in [1.807, 2.05) is 12.1 Å². The minimum atomic E-state index is -0.186. The van der Waals surface area contributed by atoms with Crippen molar-refractivity contribution >= 4 is 5.97 Å². The molecule has 3 nitrogen and oxygen atoms in total. The fourth-order valence-corrected chi connectivity index (χ4v) is 4.68. The van der Waals surface area contributed by atoms with Gasteiger partial charge in [0.25, 0.3) is 0 Å². The van der Waals surface area contributed by atoms with Gasteiger partial charge in [0.1, 0.15) is 11.8 Å². The summed E-state index contributed by atoms with van der Waals surface area (Å²) in [5, 5.41) is 9.52. The van der Waals surface area contributed by atoms with Gasteiger partial charge < -0.3 is 4.74 Å². The maximum Gasteiger partial charge on any atom is 0.314 e. The first-order chi connectivity index (χ1) is 15.6. The SMILES string of the molecule is CCCCCc1ccc(OC(=O)C2CCC(c3ccc(CCCC)cc3)CC2)c(C#N)c1. The normalized spacial score (nSPS) is 18.2. The molecule has 1 fully saturated rings. The van der Waals surface area contributed by atoms with Crippen LogP contribution in [0.2, 0.25) is 0 Å². The number of unbranched alkanes of at least 4 members (excludes halogenated alkanes) is 3. The van der Waals surface area contributed by atoms with Gasteiger partial charge in [-0.15, -0.1) is 0 Å². The van der Waals surface area contributed by atoms with Crippen molar-refractivity contribution in [1.82, 2.24) is 0 Å². The molecule has 1 aliphatic carbocycles. The molecular weight excluding hydrogens is 394 g/mol. The zero-order chi connectivity index (χ0) is 22.8. The number of rotatable bonds is 10. The van der Waals surface area contributed by atoms with Crippen molar-refractivity contribution in [2.24, 2.45) is 5.92 Å². The summed E-state index contributed by atoms with van der Waals surface area (Å²) in [6, 6.07) is 16.9. The van der Waals surface area contributed by atoms with E-state index in [1.165, 1.54) is 36.8 Å². The highest BCUT2D eigenvalue weighted by Gasteiger charge is 2.29. The average molecular weight is 432 g/mol. The van der Waals surface area contributed by atoms with E-state index in [0.717, 1.165) is 50.5 Å². The Kier molecular flexibility index (Phi) is 9.35. The van der Waals surface area contributed by atoms with Crippen LogP contribution in [0.4, 0.5) is 0 Å². The zero-order valence-electron chi connectivity index (χ0n) is 19.7. The molecule has 0 N–H and O–H groups in total. The van der Waals surface area contributed by atoms with E-state index >= 15 is 0 Å². The lowest BCUT2D eigenvalue weighted by atomic mass is 9.78. The summed E-state index contributed by atoms with van der Waals surface area (Å²) in [4.78, 5) is 12.8. The second kappa shape index (κ2) is 12.4. The fraction of sp³-hybridized carbons (Fsp3) is 0.517. The van der Waals surface area contributed by atoms with E-state index in [2.05, 4.69) is 44.2 Å². The zero-order valence-corrected chi connectivity index (χ0v) is 19.7. The van der Waals surface area contributed by atoms with Crippen LogP contribution < -0.4 is 4.74 Å². The molecule has 0 atom stereocenters. The van der Waals surface area contributed by atoms with Gasteiger partial charge >= 0.3 is 5.97 Å². The Hall–Kier alpha value is -2.60. The summed E-state index contributed by atoms with van der Waals surface area (Å²) in [6.07, 6.45) is 11.8. The van der Waals surface area contributed by atoms with Crippen molar-refractivity contribution in [1.29, 1.82) is 5.26 Å². The maximum atomic E-state index is 12.8. The van der Waals surface area contributed by atoms with Crippen molar-refractivity contribution < 1.29 is 9.53 Å². The first-order valence-electron chi connectivity index (χ1n) is 12.5.